The molecule has 5 nitrogen and oxygen atoms in total. The van der Waals surface area contributed by atoms with Crippen molar-refractivity contribution in [2.75, 3.05) is 26.3 Å². The number of carbonyl (C=O) groups is 1. The van der Waals surface area contributed by atoms with Crippen LogP contribution in [0.5, 0.6) is 11.5 Å². The molecule has 0 unspecified atom stereocenters. The Bertz CT molecular complexity index is 615. The zero-order chi connectivity index (χ0) is 16.5. The van der Waals surface area contributed by atoms with Crippen LogP contribution in [-0.2, 0) is 11.3 Å². The lowest BCUT2D eigenvalue weighted by atomic mass is 9.93. The van der Waals surface area contributed by atoms with E-state index in [1.165, 1.54) is 5.56 Å². The Hall–Kier alpha value is -1.75. The minimum absolute atomic E-state index is 0.333. The maximum atomic E-state index is 12.2. The van der Waals surface area contributed by atoms with Gasteiger partial charge >= 0.3 is 0 Å². The molecule has 3 aliphatic rings. The lowest BCUT2D eigenvalue weighted by Crippen LogP contribution is -2.50. The fraction of sp³-hybridized carbons (Fsp3) is 0.632. The van der Waals surface area contributed by atoms with Gasteiger partial charge in [0.15, 0.2) is 11.5 Å². The molecule has 4 rings (SSSR count). The second-order valence-electron chi connectivity index (χ2n) is 7.29. The molecule has 1 aromatic carbocycles. The van der Waals surface area contributed by atoms with Crippen molar-refractivity contribution in [3.63, 3.8) is 0 Å². The van der Waals surface area contributed by atoms with Crippen LogP contribution in [0, 0.1) is 11.8 Å². The zero-order valence-electron chi connectivity index (χ0n) is 14.3. The number of ether oxygens (including phenoxy) is 2. The van der Waals surface area contributed by atoms with Crippen molar-refractivity contribution in [3.05, 3.63) is 23.8 Å². The summed E-state index contributed by atoms with van der Waals surface area (Å²) in [6, 6.07) is 6.61. The van der Waals surface area contributed by atoms with Gasteiger partial charge in [0.25, 0.3) is 0 Å². The third-order valence-electron chi connectivity index (χ3n) is 5.32. The topological polar surface area (TPSA) is 50.8 Å². The van der Waals surface area contributed by atoms with Crippen LogP contribution in [0.2, 0.25) is 0 Å². The van der Waals surface area contributed by atoms with Gasteiger partial charge in [-0.15, -0.1) is 0 Å². The summed E-state index contributed by atoms with van der Waals surface area (Å²) in [7, 11) is 0. The second kappa shape index (κ2) is 6.63. The molecule has 2 fully saturated rings. The highest BCUT2D eigenvalue weighted by Gasteiger charge is 2.36. The zero-order valence-corrected chi connectivity index (χ0v) is 14.3. The Morgan fingerprint density at radius 3 is 2.75 bits per heavy atom. The van der Waals surface area contributed by atoms with Crippen LogP contribution in [0.4, 0.5) is 0 Å². The number of amides is 1. The van der Waals surface area contributed by atoms with E-state index in [1.807, 2.05) is 6.07 Å². The minimum atomic E-state index is 0.333. The molecule has 1 aliphatic carbocycles. The lowest BCUT2D eigenvalue weighted by Gasteiger charge is -2.37. The van der Waals surface area contributed by atoms with Crippen LogP contribution >= 0.6 is 0 Å². The van der Waals surface area contributed by atoms with Crippen LogP contribution in [0.25, 0.3) is 0 Å². The monoisotopic (exact) mass is 330 g/mol. The van der Waals surface area contributed by atoms with Crippen molar-refractivity contribution >= 4 is 5.91 Å². The molecule has 0 spiro atoms. The highest BCUT2D eigenvalue weighted by atomic mass is 16.6. The molecule has 1 saturated heterocycles. The van der Waals surface area contributed by atoms with E-state index in [4.69, 9.17) is 9.47 Å². The molecule has 24 heavy (non-hydrogen) atoms. The van der Waals surface area contributed by atoms with Gasteiger partial charge in [-0.3, -0.25) is 4.79 Å². The van der Waals surface area contributed by atoms with Gasteiger partial charge in [0.2, 0.25) is 5.91 Å². The summed E-state index contributed by atoms with van der Waals surface area (Å²) in [4.78, 5) is 14.3. The Morgan fingerprint density at radius 1 is 1.21 bits per heavy atom. The van der Waals surface area contributed by atoms with E-state index in [-0.39, 0.29) is 0 Å². The highest BCUT2D eigenvalue weighted by molar-refractivity contribution is 5.81. The van der Waals surface area contributed by atoms with Crippen LogP contribution in [0.1, 0.15) is 31.7 Å². The number of hydrogen-bond acceptors (Lipinski definition) is 4. The molecule has 0 bridgehead atoms. The molecule has 2 aliphatic heterocycles. The molecule has 130 valence electrons. The number of fused-ring (bicyclic) bond motifs is 1. The van der Waals surface area contributed by atoms with Crippen LogP contribution in [-0.4, -0.2) is 43.2 Å². The van der Waals surface area contributed by atoms with Crippen LogP contribution in [0.3, 0.4) is 0 Å². The third kappa shape index (κ3) is 3.36. The van der Waals surface area contributed by atoms with Crippen molar-refractivity contribution in [2.45, 2.75) is 38.8 Å². The second-order valence-corrected chi connectivity index (χ2v) is 7.29. The van der Waals surface area contributed by atoms with E-state index in [9.17, 15) is 4.79 Å². The minimum Gasteiger partial charge on any atom is -0.486 e. The van der Waals surface area contributed by atoms with Gasteiger partial charge in [-0.25, -0.2) is 0 Å². The average molecular weight is 330 g/mol. The van der Waals surface area contributed by atoms with Gasteiger partial charge in [-0.2, -0.15) is 0 Å². The van der Waals surface area contributed by atoms with Gasteiger partial charge in [-0.05, 0) is 42.9 Å². The normalized spacial score (nSPS) is 26.3. The number of rotatable bonds is 4. The fourth-order valence-corrected chi connectivity index (χ4v) is 3.68. The molecule has 1 aromatic rings. The maximum absolute atomic E-state index is 12.2. The molecule has 1 N–H and O–H groups in total. The summed E-state index contributed by atoms with van der Waals surface area (Å²) in [6.45, 7) is 6.08. The van der Waals surface area contributed by atoms with Gasteiger partial charge in [0.05, 0.1) is 0 Å². The van der Waals surface area contributed by atoms with E-state index in [1.54, 1.807) is 0 Å². The summed E-state index contributed by atoms with van der Waals surface area (Å²) in [5, 5.41) is 3.66. The summed E-state index contributed by atoms with van der Waals surface area (Å²) in [5.41, 5.74) is 1.21. The first kappa shape index (κ1) is 15.8. The van der Waals surface area contributed by atoms with E-state index in [0.29, 0.717) is 37.0 Å². The summed E-state index contributed by atoms with van der Waals surface area (Å²) >= 11 is 0. The predicted molar refractivity (Wildman–Crippen MR) is 91.1 cm³/mol. The molecular formula is C19H26N2O3. The van der Waals surface area contributed by atoms with Crippen molar-refractivity contribution in [2.24, 2.45) is 11.8 Å². The molecular weight excluding hydrogens is 304 g/mol. The molecule has 0 aromatic heterocycles. The quantitative estimate of drug-likeness (QED) is 0.919. The Kier molecular flexibility index (Phi) is 4.35. The number of nitrogens with one attached hydrogen (secondary N) is 1. The molecule has 2 heterocycles. The number of piperidine rings is 1. The number of carbonyl (C=O) groups excluding carboxylic acids is 1. The molecule has 2 atom stereocenters. The van der Waals surface area contributed by atoms with Gasteiger partial charge in [0.1, 0.15) is 13.2 Å². The summed E-state index contributed by atoms with van der Waals surface area (Å²) in [6.07, 6.45) is 3.22. The van der Waals surface area contributed by atoms with E-state index >= 15 is 0 Å². The van der Waals surface area contributed by atoms with E-state index < -0.39 is 0 Å². The summed E-state index contributed by atoms with van der Waals surface area (Å²) < 4.78 is 11.2. The number of likely N-dealkylation sites (tertiary alicyclic amines) is 1. The van der Waals surface area contributed by atoms with Gasteiger partial charge in [-0.1, -0.05) is 13.0 Å². The predicted octanol–water partition coefficient (Wildman–Crippen LogP) is 2.19. The number of nitrogens with zero attached hydrogens (tertiary/aromatic N) is 1. The Morgan fingerprint density at radius 2 is 2.00 bits per heavy atom. The number of benzene rings is 1. The molecule has 1 amide bonds. The first-order valence-corrected chi connectivity index (χ1v) is 9.11. The smallest absolute Gasteiger partial charge is 0.225 e. The van der Waals surface area contributed by atoms with Crippen molar-refractivity contribution in [3.8, 4) is 11.5 Å². The highest BCUT2D eigenvalue weighted by Crippen LogP contribution is 2.33. The standard InChI is InChI=1S/C19H26N2O3/c1-13-12-21(19(22)15-3-4-15)7-6-16(13)20-11-14-2-5-17-18(10-14)24-9-8-23-17/h2,5,10,13,15-16,20H,3-4,6-9,11-12H2,1H3/t13-,16+/m1/s1. The summed E-state index contributed by atoms with van der Waals surface area (Å²) in [5.74, 6) is 2.88. The van der Waals surface area contributed by atoms with Crippen molar-refractivity contribution < 1.29 is 14.3 Å². The van der Waals surface area contributed by atoms with E-state index in [2.05, 4.69) is 29.3 Å². The van der Waals surface area contributed by atoms with Crippen molar-refractivity contribution in [1.82, 2.24) is 10.2 Å². The molecule has 5 heteroatoms. The largest absolute Gasteiger partial charge is 0.486 e. The average Bonchev–Trinajstić information content (AvgIpc) is 3.45. The van der Waals surface area contributed by atoms with Gasteiger partial charge in [0, 0.05) is 31.6 Å². The van der Waals surface area contributed by atoms with Crippen molar-refractivity contribution in [1.29, 1.82) is 0 Å². The maximum Gasteiger partial charge on any atom is 0.225 e. The lowest BCUT2D eigenvalue weighted by molar-refractivity contribution is -0.134. The fourth-order valence-electron chi connectivity index (χ4n) is 3.68. The number of hydrogen-bond donors (Lipinski definition) is 1. The Balaban J connectivity index is 1.30. The Labute approximate surface area is 143 Å². The third-order valence-corrected chi connectivity index (χ3v) is 5.32. The van der Waals surface area contributed by atoms with E-state index in [0.717, 1.165) is 50.4 Å². The molecule has 1 saturated carbocycles. The first-order valence-electron chi connectivity index (χ1n) is 9.11. The molecule has 0 radical (unpaired) electrons. The van der Waals surface area contributed by atoms with Gasteiger partial charge < -0.3 is 19.7 Å². The first-order chi connectivity index (χ1) is 11.7. The SMILES string of the molecule is C[C@@H]1CN(C(=O)C2CC2)CC[C@@H]1NCc1ccc2c(c1)OCCO2. The van der Waals surface area contributed by atoms with Crippen LogP contribution in [0.15, 0.2) is 18.2 Å². The van der Waals surface area contributed by atoms with Crippen LogP contribution < -0.4 is 14.8 Å².